The fraction of sp³-hybridized carbons (Fsp3) is 0.438. The summed E-state index contributed by atoms with van der Waals surface area (Å²) in [6.07, 6.45) is 3.78. The highest BCUT2D eigenvalue weighted by atomic mass is 16.5. The number of anilines is 2. The zero-order valence-electron chi connectivity index (χ0n) is 12.6. The molecule has 0 spiro atoms. The Morgan fingerprint density at radius 1 is 1.30 bits per heavy atom. The summed E-state index contributed by atoms with van der Waals surface area (Å²) >= 11 is 0. The van der Waals surface area contributed by atoms with Crippen LogP contribution < -0.4 is 5.32 Å². The molecule has 1 aromatic heterocycles. The Morgan fingerprint density at radius 2 is 2.10 bits per heavy atom. The molecule has 0 saturated heterocycles. The topological polar surface area (TPSA) is 39.1 Å². The summed E-state index contributed by atoms with van der Waals surface area (Å²) in [4.78, 5) is 4.39. The standard InChI is InChI=1S/C16H23N3O/c1-12(2)14-6-5-7-15(10-14)18-16-17-8-9-19(16)13(3)11-20-4/h5-10,12-13H,11H2,1-4H3,(H,17,18). The Bertz CT molecular complexity index is 548. The van der Waals surface area contributed by atoms with Crippen LogP contribution in [-0.4, -0.2) is 23.3 Å². The molecule has 0 aliphatic carbocycles. The molecule has 0 aliphatic heterocycles. The van der Waals surface area contributed by atoms with Gasteiger partial charge >= 0.3 is 0 Å². The average Bonchev–Trinajstić information content (AvgIpc) is 2.87. The SMILES string of the molecule is COCC(C)n1ccnc1Nc1cccc(C(C)C)c1. The number of benzene rings is 1. The van der Waals surface area contributed by atoms with Crippen LogP contribution in [0.3, 0.4) is 0 Å². The van der Waals surface area contributed by atoms with E-state index in [2.05, 4.69) is 59.9 Å². The Labute approximate surface area is 120 Å². The minimum absolute atomic E-state index is 0.248. The predicted molar refractivity (Wildman–Crippen MR) is 82.6 cm³/mol. The zero-order chi connectivity index (χ0) is 14.5. The van der Waals surface area contributed by atoms with E-state index in [0.29, 0.717) is 12.5 Å². The number of nitrogens with zero attached hydrogens (tertiary/aromatic N) is 2. The van der Waals surface area contributed by atoms with E-state index in [-0.39, 0.29) is 6.04 Å². The third-order valence-electron chi connectivity index (χ3n) is 3.36. The molecule has 1 heterocycles. The third kappa shape index (κ3) is 3.39. The molecule has 0 bridgehead atoms. The number of aromatic nitrogens is 2. The second kappa shape index (κ2) is 6.57. The van der Waals surface area contributed by atoms with Gasteiger partial charge in [0.05, 0.1) is 12.6 Å². The molecular weight excluding hydrogens is 250 g/mol. The lowest BCUT2D eigenvalue weighted by Crippen LogP contribution is -2.12. The van der Waals surface area contributed by atoms with Gasteiger partial charge in [-0.25, -0.2) is 4.98 Å². The molecule has 1 atom stereocenters. The average molecular weight is 273 g/mol. The molecule has 0 radical (unpaired) electrons. The number of hydrogen-bond acceptors (Lipinski definition) is 3. The van der Waals surface area contributed by atoms with E-state index in [1.165, 1.54) is 5.56 Å². The monoisotopic (exact) mass is 273 g/mol. The van der Waals surface area contributed by atoms with Gasteiger partial charge in [0.1, 0.15) is 0 Å². The first-order valence-corrected chi connectivity index (χ1v) is 7.00. The van der Waals surface area contributed by atoms with Gasteiger partial charge in [-0.2, -0.15) is 0 Å². The first kappa shape index (κ1) is 14.6. The van der Waals surface area contributed by atoms with Crippen molar-refractivity contribution < 1.29 is 4.74 Å². The van der Waals surface area contributed by atoms with Gasteiger partial charge in [0, 0.05) is 25.2 Å². The molecule has 0 amide bonds. The third-order valence-corrected chi connectivity index (χ3v) is 3.36. The summed E-state index contributed by atoms with van der Waals surface area (Å²) in [5.41, 5.74) is 2.38. The predicted octanol–water partition coefficient (Wildman–Crippen LogP) is 3.96. The molecule has 108 valence electrons. The van der Waals surface area contributed by atoms with Crippen molar-refractivity contribution in [2.45, 2.75) is 32.7 Å². The van der Waals surface area contributed by atoms with Gasteiger partial charge in [0.25, 0.3) is 0 Å². The molecule has 0 saturated carbocycles. The fourth-order valence-corrected chi connectivity index (χ4v) is 2.19. The summed E-state index contributed by atoms with van der Waals surface area (Å²) in [6, 6.07) is 8.70. The Balaban J connectivity index is 2.18. The van der Waals surface area contributed by atoms with Crippen LogP contribution in [-0.2, 0) is 4.74 Å². The van der Waals surface area contributed by atoms with E-state index in [1.54, 1.807) is 13.3 Å². The number of imidazole rings is 1. The molecule has 2 rings (SSSR count). The number of hydrogen-bond donors (Lipinski definition) is 1. The maximum Gasteiger partial charge on any atom is 0.207 e. The second-order valence-corrected chi connectivity index (χ2v) is 5.37. The molecule has 4 nitrogen and oxygen atoms in total. The van der Waals surface area contributed by atoms with Crippen LogP contribution in [0.1, 0.15) is 38.3 Å². The van der Waals surface area contributed by atoms with Crippen molar-refractivity contribution in [3.05, 3.63) is 42.2 Å². The van der Waals surface area contributed by atoms with Crippen molar-refractivity contribution >= 4 is 11.6 Å². The summed E-state index contributed by atoms with van der Waals surface area (Å²) < 4.78 is 7.30. The van der Waals surface area contributed by atoms with Gasteiger partial charge in [0.2, 0.25) is 5.95 Å². The highest BCUT2D eigenvalue weighted by Gasteiger charge is 2.10. The van der Waals surface area contributed by atoms with Crippen LogP contribution in [0.5, 0.6) is 0 Å². The van der Waals surface area contributed by atoms with E-state index in [0.717, 1.165) is 11.6 Å². The normalized spacial score (nSPS) is 12.7. The second-order valence-electron chi connectivity index (χ2n) is 5.37. The highest BCUT2D eigenvalue weighted by Crippen LogP contribution is 2.22. The summed E-state index contributed by atoms with van der Waals surface area (Å²) in [5.74, 6) is 1.36. The van der Waals surface area contributed by atoms with Crippen molar-refractivity contribution in [3.8, 4) is 0 Å². The molecule has 1 unspecified atom stereocenters. The van der Waals surface area contributed by atoms with E-state index >= 15 is 0 Å². The lowest BCUT2D eigenvalue weighted by Gasteiger charge is -2.16. The van der Waals surface area contributed by atoms with Crippen LogP contribution in [0.25, 0.3) is 0 Å². The van der Waals surface area contributed by atoms with E-state index in [9.17, 15) is 0 Å². The van der Waals surface area contributed by atoms with Gasteiger partial charge in [-0.05, 0) is 30.5 Å². The van der Waals surface area contributed by atoms with Gasteiger partial charge < -0.3 is 14.6 Å². The largest absolute Gasteiger partial charge is 0.383 e. The molecule has 0 fully saturated rings. The molecule has 20 heavy (non-hydrogen) atoms. The van der Waals surface area contributed by atoms with Crippen molar-refractivity contribution in [2.75, 3.05) is 19.0 Å². The number of methoxy groups -OCH3 is 1. The first-order chi connectivity index (χ1) is 9.61. The van der Waals surface area contributed by atoms with Gasteiger partial charge in [-0.15, -0.1) is 0 Å². The summed E-state index contributed by atoms with van der Waals surface area (Å²) in [5, 5.41) is 3.38. The number of ether oxygens (including phenoxy) is 1. The first-order valence-electron chi connectivity index (χ1n) is 7.00. The number of nitrogens with one attached hydrogen (secondary N) is 1. The van der Waals surface area contributed by atoms with Crippen molar-refractivity contribution in [2.24, 2.45) is 0 Å². The van der Waals surface area contributed by atoms with Crippen LogP contribution in [0.15, 0.2) is 36.7 Å². The van der Waals surface area contributed by atoms with Crippen LogP contribution >= 0.6 is 0 Å². The smallest absolute Gasteiger partial charge is 0.207 e. The van der Waals surface area contributed by atoms with E-state index in [1.807, 2.05) is 6.20 Å². The van der Waals surface area contributed by atoms with Crippen LogP contribution in [0, 0.1) is 0 Å². The summed E-state index contributed by atoms with van der Waals surface area (Å²) in [6.45, 7) is 7.17. The molecule has 1 N–H and O–H groups in total. The van der Waals surface area contributed by atoms with Crippen molar-refractivity contribution in [3.63, 3.8) is 0 Å². The molecule has 0 aliphatic rings. The minimum atomic E-state index is 0.248. The zero-order valence-corrected chi connectivity index (χ0v) is 12.6. The van der Waals surface area contributed by atoms with Gasteiger partial charge in [-0.3, -0.25) is 0 Å². The lowest BCUT2D eigenvalue weighted by atomic mass is 10.0. The maximum atomic E-state index is 5.21. The van der Waals surface area contributed by atoms with Gasteiger partial charge in [0.15, 0.2) is 0 Å². The Kier molecular flexibility index (Phi) is 4.79. The Hall–Kier alpha value is -1.81. The maximum absolute atomic E-state index is 5.21. The van der Waals surface area contributed by atoms with Crippen molar-refractivity contribution in [1.29, 1.82) is 0 Å². The lowest BCUT2D eigenvalue weighted by molar-refractivity contribution is 0.163. The van der Waals surface area contributed by atoms with Crippen LogP contribution in [0.4, 0.5) is 11.6 Å². The van der Waals surface area contributed by atoms with Crippen molar-refractivity contribution in [1.82, 2.24) is 9.55 Å². The molecule has 2 aromatic rings. The minimum Gasteiger partial charge on any atom is -0.383 e. The van der Waals surface area contributed by atoms with E-state index in [4.69, 9.17) is 4.74 Å². The van der Waals surface area contributed by atoms with E-state index < -0.39 is 0 Å². The highest BCUT2D eigenvalue weighted by molar-refractivity contribution is 5.55. The molecule has 4 heteroatoms. The number of rotatable bonds is 6. The molecule has 1 aromatic carbocycles. The molecular formula is C16H23N3O. The van der Waals surface area contributed by atoms with Gasteiger partial charge in [-0.1, -0.05) is 26.0 Å². The Morgan fingerprint density at radius 3 is 2.80 bits per heavy atom. The fourth-order valence-electron chi connectivity index (χ4n) is 2.19. The summed E-state index contributed by atoms with van der Waals surface area (Å²) in [7, 11) is 1.71. The quantitative estimate of drug-likeness (QED) is 0.866. The van der Waals surface area contributed by atoms with Crippen LogP contribution in [0.2, 0.25) is 0 Å².